The minimum Gasteiger partial charge on any atom is -0.388 e. The second-order valence-corrected chi connectivity index (χ2v) is 6.08. The molecule has 6 heteroatoms. The molecule has 0 aliphatic heterocycles. The predicted octanol–water partition coefficient (Wildman–Crippen LogP) is 3.64. The summed E-state index contributed by atoms with van der Waals surface area (Å²) in [5, 5.41) is 13.8. The maximum atomic E-state index is 12.6. The first-order valence-corrected chi connectivity index (χ1v) is 7.10. The first-order valence-electron chi connectivity index (χ1n) is 7.10. The Morgan fingerprint density at radius 1 is 1.09 bits per heavy atom. The molecule has 1 atom stereocenters. The number of benzene rings is 2. The fourth-order valence-electron chi connectivity index (χ4n) is 2.57. The number of nitrogens with one attached hydrogen (secondary N) is 1. The van der Waals surface area contributed by atoms with Crippen molar-refractivity contribution in [3.8, 4) is 0 Å². The molecule has 2 aromatic carbocycles. The van der Waals surface area contributed by atoms with Gasteiger partial charge in [-0.2, -0.15) is 13.2 Å². The second kappa shape index (κ2) is 5.85. The summed E-state index contributed by atoms with van der Waals surface area (Å²) in [6.45, 7) is 4.62. The summed E-state index contributed by atoms with van der Waals surface area (Å²) in [4.78, 5) is 11.4. The van der Waals surface area contributed by atoms with E-state index in [1.807, 2.05) is 24.4 Å². The first-order chi connectivity index (χ1) is 10.5. The number of aryl methyl sites for hydroxylation is 1. The zero-order valence-electron chi connectivity index (χ0n) is 13.0. The van der Waals surface area contributed by atoms with Gasteiger partial charge in [0.05, 0.1) is 11.6 Å². The Bertz CT molecular complexity index is 733. The summed E-state index contributed by atoms with van der Waals surface area (Å²) in [6.07, 6.45) is -5.01. The molecular formula is C17H18F3NO2. The zero-order valence-corrected chi connectivity index (χ0v) is 13.0. The van der Waals surface area contributed by atoms with E-state index in [1.165, 1.54) is 13.8 Å². The number of carbonyl (C=O) groups is 1. The molecule has 23 heavy (non-hydrogen) atoms. The number of alkyl halides is 3. The Kier molecular flexibility index (Phi) is 4.39. The van der Waals surface area contributed by atoms with E-state index in [2.05, 4.69) is 0 Å². The maximum absolute atomic E-state index is 12.6. The van der Waals surface area contributed by atoms with Crippen LogP contribution in [0.2, 0.25) is 0 Å². The van der Waals surface area contributed by atoms with E-state index >= 15 is 0 Å². The molecule has 0 saturated heterocycles. The molecule has 0 aliphatic rings. The smallest absolute Gasteiger partial charge is 0.388 e. The van der Waals surface area contributed by atoms with Crippen molar-refractivity contribution in [1.82, 2.24) is 5.32 Å². The topological polar surface area (TPSA) is 49.3 Å². The van der Waals surface area contributed by atoms with E-state index in [-0.39, 0.29) is 0 Å². The second-order valence-electron chi connectivity index (χ2n) is 6.08. The number of aliphatic hydroxyl groups is 1. The van der Waals surface area contributed by atoms with Gasteiger partial charge in [0.15, 0.2) is 0 Å². The molecule has 0 spiro atoms. The van der Waals surface area contributed by atoms with E-state index in [9.17, 15) is 23.1 Å². The highest BCUT2D eigenvalue weighted by Crippen LogP contribution is 2.33. The van der Waals surface area contributed by atoms with Crippen LogP contribution in [0.3, 0.4) is 0 Å². The molecule has 1 amide bonds. The maximum Gasteiger partial charge on any atom is 0.471 e. The van der Waals surface area contributed by atoms with Gasteiger partial charge in [0.25, 0.3) is 0 Å². The molecule has 2 rings (SSSR count). The van der Waals surface area contributed by atoms with Crippen LogP contribution in [-0.4, -0.2) is 22.8 Å². The van der Waals surface area contributed by atoms with Crippen LogP contribution < -0.4 is 5.32 Å². The SMILES string of the molecule is Cc1ccc(C(NC(=O)C(F)(F)F)C(C)(C)O)c2ccccc12. The molecule has 0 aliphatic carbocycles. The minimum absolute atomic E-state index is 0.441. The van der Waals surface area contributed by atoms with Crippen LogP contribution in [0, 0.1) is 6.92 Å². The highest BCUT2D eigenvalue weighted by atomic mass is 19.4. The summed E-state index contributed by atoms with van der Waals surface area (Å²) in [6, 6.07) is 9.40. The van der Waals surface area contributed by atoms with Crippen LogP contribution >= 0.6 is 0 Å². The van der Waals surface area contributed by atoms with Crippen molar-refractivity contribution in [3.63, 3.8) is 0 Å². The summed E-state index contributed by atoms with van der Waals surface area (Å²) in [7, 11) is 0. The molecular weight excluding hydrogens is 307 g/mol. The van der Waals surface area contributed by atoms with Gasteiger partial charge in [-0.25, -0.2) is 0 Å². The largest absolute Gasteiger partial charge is 0.471 e. The lowest BCUT2D eigenvalue weighted by Crippen LogP contribution is -2.47. The lowest BCUT2D eigenvalue weighted by molar-refractivity contribution is -0.176. The number of amides is 1. The Morgan fingerprint density at radius 3 is 2.17 bits per heavy atom. The van der Waals surface area contributed by atoms with Gasteiger partial charge < -0.3 is 10.4 Å². The Labute approximate surface area is 132 Å². The van der Waals surface area contributed by atoms with Gasteiger partial charge in [-0.15, -0.1) is 0 Å². The molecule has 124 valence electrons. The lowest BCUT2D eigenvalue weighted by Gasteiger charge is -2.32. The van der Waals surface area contributed by atoms with Crippen molar-refractivity contribution in [2.24, 2.45) is 0 Å². The molecule has 3 nitrogen and oxygen atoms in total. The Hall–Kier alpha value is -2.08. The zero-order chi connectivity index (χ0) is 17.4. The third kappa shape index (κ3) is 3.64. The van der Waals surface area contributed by atoms with E-state index < -0.39 is 23.7 Å². The van der Waals surface area contributed by atoms with E-state index in [1.54, 1.807) is 24.3 Å². The van der Waals surface area contributed by atoms with Gasteiger partial charge in [-0.1, -0.05) is 36.4 Å². The van der Waals surface area contributed by atoms with Crippen molar-refractivity contribution >= 4 is 16.7 Å². The van der Waals surface area contributed by atoms with Crippen LogP contribution in [0.4, 0.5) is 13.2 Å². The predicted molar refractivity (Wildman–Crippen MR) is 81.9 cm³/mol. The normalized spacial score (nSPS) is 13.9. The van der Waals surface area contributed by atoms with Gasteiger partial charge in [0, 0.05) is 0 Å². The average molecular weight is 325 g/mol. The molecule has 2 aromatic rings. The molecule has 0 aromatic heterocycles. The van der Waals surface area contributed by atoms with Crippen molar-refractivity contribution in [2.45, 2.75) is 38.6 Å². The Morgan fingerprint density at radius 2 is 1.65 bits per heavy atom. The summed E-state index contributed by atoms with van der Waals surface area (Å²) >= 11 is 0. The third-order valence-corrected chi connectivity index (χ3v) is 3.73. The standard InChI is InChI=1S/C17H18F3NO2/c1-10-8-9-13(12-7-5-4-6-11(10)12)14(16(2,3)23)21-15(22)17(18,19)20/h4-9,14,23H,1-3H3,(H,21,22). The quantitative estimate of drug-likeness (QED) is 0.905. The average Bonchev–Trinajstić information content (AvgIpc) is 2.44. The highest BCUT2D eigenvalue weighted by molar-refractivity contribution is 5.90. The van der Waals surface area contributed by atoms with Crippen molar-refractivity contribution < 1.29 is 23.1 Å². The molecule has 0 fully saturated rings. The molecule has 0 heterocycles. The van der Waals surface area contributed by atoms with Crippen LogP contribution in [0.5, 0.6) is 0 Å². The number of carbonyl (C=O) groups excluding carboxylic acids is 1. The van der Waals surface area contributed by atoms with Crippen molar-refractivity contribution in [2.75, 3.05) is 0 Å². The van der Waals surface area contributed by atoms with Crippen molar-refractivity contribution in [1.29, 1.82) is 0 Å². The van der Waals surface area contributed by atoms with Crippen LogP contribution in [0.25, 0.3) is 10.8 Å². The van der Waals surface area contributed by atoms with Crippen LogP contribution in [0.1, 0.15) is 31.0 Å². The number of hydrogen-bond acceptors (Lipinski definition) is 2. The summed E-state index contributed by atoms with van der Waals surface area (Å²) < 4.78 is 37.8. The number of fused-ring (bicyclic) bond motifs is 1. The van der Waals surface area contributed by atoms with Gasteiger partial charge in [0.1, 0.15) is 0 Å². The monoisotopic (exact) mass is 325 g/mol. The van der Waals surface area contributed by atoms with Crippen LogP contribution in [0.15, 0.2) is 36.4 Å². The van der Waals surface area contributed by atoms with Gasteiger partial charge in [-0.3, -0.25) is 4.79 Å². The van der Waals surface area contributed by atoms with Crippen LogP contribution in [-0.2, 0) is 4.79 Å². The van der Waals surface area contributed by atoms with E-state index in [0.717, 1.165) is 10.9 Å². The van der Waals surface area contributed by atoms with Gasteiger partial charge >= 0.3 is 12.1 Å². The minimum atomic E-state index is -5.01. The van der Waals surface area contributed by atoms with E-state index in [0.29, 0.717) is 10.9 Å². The molecule has 0 bridgehead atoms. The number of halogens is 3. The summed E-state index contributed by atoms with van der Waals surface area (Å²) in [5.41, 5.74) is -0.170. The molecule has 1 unspecified atom stereocenters. The number of hydrogen-bond donors (Lipinski definition) is 2. The Balaban J connectivity index is 2.58. The lowest BCUT2D eigenvalue weighted by atomic mass is 9.87. The molecule has 0 radical (unpaired) electrons. The fraction of sp³-hybridized carbons (Fsp3) is 0.353. The highest BCUT2D eigenvalue weighted by Gasteiger charge is 2.42. The van der Waals surface area contributed by atoms with Gasteiger partial charge in [0.2, 0.25) is 0 Å². The first kappa shape index (κ1) is 17.3. The molecule has 0 saturated carbocycles. The molecule has 2 N–H and O–H groups in total. The van der Waals surface area contributed by atoms with Crippen molar-refractivity contribution in [3.05, 3.63) is 47.5 Å². The fourth-order valence-corrected chi connectivity index (χ4v) is 2.57. The third-order valence-electron chi connectivity index (χ3n) is 3.73. The van der Waals surface area contributed by atoms with E-state index in [4.69, 9.17) is 0 Å². The van der Waals surface area contributed by atoms with Gasteiger partial charge in [-0.05, 0) is 42.7 Å². The summed E-state index contributed by atoms with van der Waals surface area (Å²) in [5.74, 6) is -2.07. The number of rotatable bonds is 3.